The second kappa shape index (κ2) is 10.5. The minimum Gasteiger partial charge on any atom is -0.340 e. The Labute approximate surface area is 188 Å². The van der Waals surface area contributed by atoms with Gasteiger partial charge in [-0.1, -0.05) is 49.7 Å². The van der Waals surface area contributed by atoms with E-state index < -0.39 is 47.7 Å². The van der Waals surface area contributed by atoms with E-state index in [1.807, 2.05) is 0 Å². The maximum Gasteiger partial charge on any atom is 0.418 e. The van der Waals surface area contributed by atoms with Crippen LogP contribution < -0.4 is 10.6 Å². The van der Waals surface area contributed by atoms with Gasteiger partial charge in [0.15, 0.2) is 0 Å². The second-order valence-corrected chi connectivity index (χ2v) is 7.87. The number of likely N-dealkylation sites (N-methyl/N-ethyl adjacent to an activating group) is 1. The van der Waals surface area contributed by atoms with Gasteiger partial charge in [0.1, 0.15) is 6.04 Å². The number of hydrogen-bond donors (Lipinski definition) is 2. The predicted molar refractivity (Wildman–Crippen MR) is 115 cm³/mol. The molecular formula is C22H23ClF3N3O3. The van der Waals surface area contributed by atoms with E-state index in [4.69, 9.17) is 11.6 Å². The van der Waals surface area contributed by atoms with E-state index >= 15 is 0 Å². The van der Waals surface area contributed by atoms with E-state index in [-0.39, 0.29) is 16.5 Å². The molecule has 0 heterocycles. The fourth-order valence-corrected chi connectivity index (χ4v) is 3.16. The van der Waals surface area contributed by atoms with Gasteiger partial charge in [-0.2, -0.15) is 13.2 Å². The SMILES string of the molecule is CC(C)[C@H](NC(=O)c1ccccc1Cl)C(=O)N(C)CC(=O)Nc1ccccc1C(F)(F)F. The molecule has 6 nitrogen and oxygen atoms in total. The maximum atomic E-state index is 13.1. The van der Waals surface area contributed by atoms with E-state index in [1.54, 1.807) is 26.0 Å². The summed E-state index contributed by atoms with van der Waals surface area (Å²) in [4.78, 5) is 38.8. The fourth-order valence-electron chi connectivity index (χ4n) is 2.94. The zero-order chi connectivity index (χ0) is 24.1. The molecule has 1 atom stereocenters. The number of alkyl halides is 3. The summed E-state index contributed by atoms with van der Waals surface area (Å²) in [7, 11) is 1.33. The summed E-state index contributed by atoms with van der Waals surface area (Å²) in [6, 6.07) is 9.91. The molecule has 0 radical (unpaired) electrons. The molecule has 0 aliphatic carbocycles. The van der Waals surface area contributed by atoms with Gasteiger partial charge in [-0.05, 0) is 30.2 Å². The van der Waals surface area contributed by atoms with Gasteiger partial charge >= 0.3 is 6.18 Å². The van der Waals surface area contributed by atoms with Crippen LogP contribution in [0.3, 0.4) is 0 Å². The van der Waals surface area contributed by atoms with Crippen molar-refractivity contribution in [3.8, 4) is 0 Å². The van der Waals surface area contributed by atoms with Crippen molar-refractivity contribution >= 4 is 35.0 Å². The number of carbonyl (C=O) groups excluding carboxylic acids is 3. The highest BCUT2D eigenvalue weighted by Crippen LogP contribution is 2.34. The number of rotatable bonds is 7. The number of halogens is 4. The molecular weight excluding hydrogens is 447 g/mol. The average molecular weight is 470 g/mol. The van der Waals surface area contributed by atoms with Gasteiger partial charge in [0.25, 0.3) is 5.91 Å². The van der Waals surface area contributed by atoms with Crippen molar-refractivity contribution in [2.75, 3.05) is 18.9 Å². The van der Waals surface area contributed by atoms with Gasteiger partial charge in [-0.25, -0.2) is 0 Å². The second-order valence-electron chi connectivity index (χ2n) is 7.46. The molecule has 0 saturated carbocycles. The molecule has 0 saturated heterocycles. The van der Waals surface area contributed by atoms with Crippen molar-refractivity contribution in [1.29, 1.82) is 0 Å². The summed E-state index contributed by atoms with van der Waals surface area (Å²) < 4.78 is 39.3. The molecule has 32 heavy (non-hydrogen) atoms. The first-order valence-electron chi connectivity index (χ1n) is 9.68. The monoisotopic (exact) mass is 469 g/mol. The average Bonchev–Trinajstić information content (AvgIpc) is 2.70. The van der Waals surface area contributed by atoms with E-state index in [0.29, 0.717) is 0 Å². The third-order valence-corrected chi connectivity index (χ3v) is 4.93. The first kappa shape index (κ1) is 25.2. The Balaban J connectivity index is 2.08. The Morgan fingerprint density at radius 1 is 1.03 bits per heavy atom. The Bertz CT molecular complexity index is 996. The van der Waals surface area contributed by atoms with Crippen LogP contribution >= 0.6 is 11.6 Å². The van der Waals surface area contributed by atoms with Crippen molar-refractivity contribution in [1.82, 2.24) is 10.2 Å². The largest absolute Gasteiger partial charge is 0.418 e. The first-order chi connectivity index (χ1) is 14.9. The highest BCUT2D eigenvalue weighted by Gasteiger charge is 2.34. The topological polar surface area (TPSA) is 78.5 Å². The molecule has 172 valence electrons. The predicted octanol–water partition coefficient (Wildman–Crippen LogP) is 4.21. The Morgan fingerprint density at radius 3 is 2.22 bits per heavy atom. The van der Waals surface area contributed by atoms with Crippen LogP contribution in [-0.2, 0) is 15.8 Å². The number of anilines is 1. The van der Waals surface area contributed by atoms with Gasteiger partial charge in [0.2, 0.25) is 11.8 Å². The molecule has 2 N–H and O–H groups in total. The Hall–Kier alpha value is -3.07. The van der Waals surface area contributed by atoms with Crippen molar-refractivity contribution < 1.29 is 27.6 Å². The van der Waals surface area contributed by atoms with Crippen molar-refractivity contribution in [2.45, 2.75) is 26.1 Å². The maximum absolute atomic E-state index is 13.1. The first-order valence-corrected chi connectivity index (χ1v) is 10.1. The number of hydrogen-bond acceptors (Lipinski definition) is 3. The lowest BCUT2D eigenvalue weighted by atomic mass is 10.0. The molecule has 10 heteroatoms. The normalized spacial score (nSPS) is 12.2. The van der Waals surface area contributed by atoms with Crippen LogP contribution in [0.2, 0.25) is 5.02 Å². The van der Waals surface area contributed by atoms with Crippen LogP contribution in [0.15, 0.2) is 48.5 Å². The molecule has 0 bridgehead atoms. The summed E-state index contributed by atoms with van der Waals surface area (Å²) in [6.07, 6.45) is -4.64. The van der Waals surface area contributed by atoms with Crippen LogP contribution in [0.1, 0.15) is 29.8 Å². The minimum absolute atomic E-state index is 0.191. The van der Waals surface area contributed by atoms with E-state index in [1.165, 1.54) is 31.3 Å². The van der Waals surface area contributed by atoms with Crippen LogP contribution in [0.25, 0.3) is 0 Å². The van der Waals surface area contributed by atoms with E-state index in [2.05, 4.69) is 10.6 Å². The molecule has 0 unspecified atom stereocenters. The summed E-state index contributed by atoms with van der Waals surface area (Å²) in [6.45, 7) is 2.92. The number of carbonyl (C=O) groups is 3. The standard InChI is InChI=1S/C22H23ClF3N3O3/c1-13(2)19(28-20(31)14-8-4-6-10-16(14)23)21(32)29(3)12-18(30)27-17-11-7-5-9-15(17)22(24,25)26/h4-11,13,19H,12H2,1-3H3,(H,27,30)(H,28,31)/t19-/m0/s1. The summed E-state index contributed by atoms with van der Waals surface area (Å²) >= 11 is 6.03. The van der Waals surface area contributed by atoms with Crippen LogP contribution in [-0.4, -0.2) is 42.3 Å². The number of para-hydroxylation sites is 1. The molecule has 0 aliphatic heterocycles. The number of nitrogens with zero attached hydrogens (tertiary/aromatic N) is 1. The zero-order valence-corrected chi connectivity index (χ0v) is 18.4. The number of amides is 3. The van der Waals surface area contributed by atoms with Crippen LogP contribution in [0.5, 0.6) is 0 Å². The van der Waals surface area contributed by atoms with E-state index in [0.717, 1.165) is 17.0 Å². The smallest absolute Gasteiger partial charge is 0.340 e. The highest BCUT2D eigenvalue weighted by molar-refractivity contribution is 6.33. The van der Waals surface area contributed by atoms with E-state index in [9.17, 15) is 27.6 Å². The van der Waals surface area contributed by atoms with Gasteiger partial charge in [-0.15, -0.1) is 0 Å². The minimum atomic E-state index is -4.64. The van der Waals surface area contributed by atoms with Crippen molar-refractivity contribution in [3.05, 3.63) is 64.7 Å². The van der Waals surface area contributed by atoms with Crippen LogP contribution in [0, 0.1) is 5.92 Å². The Morgan fingerprint density at radius 2 is 1.62 bits per heavy atom. The lowest BCUT2D eigenvalue weighted by molar-refractivity contribution is -0.137. The molecule has 2 rings (SSSR count). The quantitative estimate of drug-likeness (QED) is 0.637. The molecule has 0 aromatic heterocycles. The summed E-state index contributed by atoms with van der Waals surface area (Å²) in [5.41, 5.74) is -1.20. The van der Waals surface area contributed by atoms with Crippen LogP contribution in [0.4, 0.5) is 18.9 Å². The lowest BCUT2D eigenvalue weighted by Gasteiger charge is -2.27. The zero-order valence-electron chi connectivity index (χ0n) is 17.7. The number of nitrogens with one attached hydrogen (secondary N) is 2. The van der Waals surface area contributed by atoms with Crippen molar-refractivity contribution in [3.63, 3.8) is 0 Å². The molecule has 2 aromatic carbocycles. The lowest BCUT2D eigenvalue weighted by Crippen LogP contribution is -2.51. The van der Waals surface area contributed by atoms with Gasteiger partial charge in [0.05, 0.1) is 28.4 Å². The highest BCUT2D eigenvalue weighted by atomic mass is 35.5. The molecule has 2 aromatic rings. The fraction of sp³-hybridized carbons (Fsp3) is 0.318. The van der Waals surface area contributed by atoms with Gasteiger partial charge < -0.3 is 15.5 Å². The van der Waals surface area contributed by atoms with Gasteiger partial charge in [0, 0.05) is 7.05 Å². The molecule has 3 amide bonds. The molecule has 0 fully saturated rings. The third kappa shape index (κ3) is 6.46. The van der Waals surface area contributed by atoms with Gasteiger partial charge in [-0.3, -0.25) is 14.4 Å². The van der Waals surface area contributed by atoms with Crippen molar-refractivity contribution in [2.24, 2.45) is 5.92 Å². The Kier molecular flexibility index (Phi) is 8.26. The molecule has 0 aliphatic rings. The third-order valence-electron chi connectivity index (χ3n) is 4.60. The summed E-state index contributed by atoms with van der Waals surface area (Å²) in [5.74, 6) is -2.26. The number of benzene rings is 2. The summed E-state index contributed by atoms with van der Waals surface area (Å²) in [5, 5.41) is 5.02. The molecule has 0 spiro atoms.